The van der Waals surface area contributed by atoms with Crippen LogP contribution in [0.1, 0.15) is 64.3 Å². The van der Waals surface area contributed by atoms with E-state index in [-0.39, 0.29) is 5.54 Å². The standard InChI is InChI=1S/C17H28N2/c1-13-11-16(12-14(2)18-13)19(17(3,4)5)15-9-7-6-8-10-15/h11-12,15H,6-10H2,1-5H3. The van der Waals surface area contributed by atoms with E-state index in [9.17, 15) is 0 Å². The Morgan fingerprint density at radius 1 is 1.00 bits per heavy atom. The molecule has 1 aromatic rings. The average molecular weight is 260 g/mol. The minimum absolute atomic E-state index is 0.169. The van der Waals surface area contributed by atoms with Crippen molar-refractivity contribution in [1.29, 1.82) is 0 Å². The normalized spacial score (nSPS) is 17.5. The molecule has 0 spiro atoms. The molecule has 19 heavy (non-hydrogen) atoms. The number of aromatic nitrogens is 1. The third kappa shape index (κ3) is 3.49. The fourth-order valence-corrected chi connectivity index (χ4v) is 3.44. The Morgan fingerprint density at radius 3 is 2.00 bits per heavy atom. The molecular formula is C17H28N2. The van der Waals surface area contributed by atoms with Gasteiger partial charge in [0.2, 0.25) is 0 Å². The summed E-state index contributed by atoms with van der Waals surface area (Å²) in [6, 6.07) is 5.18. The zero-order valence-electron chi connectivity index (χ0n) is 13.2. The molecule has 0 atom stereocenters. The van der Waals surface area contributed by atoms with Crippen molar-refractivity contribution in [2.45, 2.75) is 78.3 Å². The van der Waals surface area contributed by atoms with Crippen LogP contribution in [0.2, 0.25) is 0 Å². The molecule has 2 rings (SSSR count). The topological polar surface area (TPSA) is 16.1 Å². The van der Waals surface area contributed by atoms with Crippen LogP contribution in [-0.2, 0) is 0 Å². The van der Waals surface area contributed by atoms with E-state index in [0.29, 0.717) is 6.04 Å². The second-order valence-electron chi connectivity index (χ2n) is 6.94. The van der Waals surface area contributed by atoms with Crippen LogP contribution in [0, 0.1) is 13.8 Å². The van der Waals surface area contributed by atoms with Gasteiger partial charge in [0, 0.05) is 28.7 Å². The number of hydrogen-bond acceptors (Lipinski definition) is 2. The Balaban J connectivity index is 2.36. The van der Waals surface area contributed by atoms with E-state index in [4.69, 9.17) is 0 Å². The summed E-state index contributed by atoms with van der Waals surface area (Å²) in [5.74, 6) is 0. The quantitative estimate of drug-likeness (QED) is 0.770. The van der Waals surface area contributed by atoms with Crippen molar-refractivity contribution in [1.82, 2.24) is 4.98 Å². The van der Waals surface area contributed by atoms with E-state index in [1.165, 1.54) is 37.8 Å². The summed E-state index contributed by atoms with van der Waals surface area (Å²) in [5.41, 5.74) is 3.77. The molecule has 1 aliphatic carbocycles. The number of aryl methyl sites for hydroxylation is 2. The van der Waals surface area contributed by atoms with Gasteiger partial charge in [-0.15, -0.1) is 0 Å². The van der Waals surface area contributed by atoms with Crippen LogP contribution < -0.4 is 4.90 Å². The van der Waals surface area contributed by atoms with E-state index >= 15 is 0 Å². The summed E-state index contributed by atoms with van der Waals surface area (Å²) in [5, 5.41) is 0. The molecule has 1 aliphatic rings. The van der Waals surface area contributed by atoms with Crippen LogP contribution in [0.3, 0.4) is 0 Å². The van der Waals surface area contributed by atoms with Crippen LogP contribution in [0.5, 0.6) is 0 Å². The smallest absolute Gasteiger partial charge is 0.0409 e. The van der Waals surface area contributed by atoms with Crippen LogP contribution in [-0.4, -0.2) is 16.6 Å². The third-order valence-electron chi connectivity index (χ3n) is 4.01. The lowest BCUT2D eigenvalue weighted by molar-refractivity contribution is 0.354. The van der Waals surface area contributed by atoms with Gasteiger partial charge in [0.1, 0.15) is 0 Å². The fraction of sp³-hybridized carbons (Fsp3) is 0.706. The molecule has 0 aromatic carbocycles. The maximum atomic E-state index is 4.52. The van der Waals surface area contributed by atoms with Gasteiger partial charge >= 0.3 is 0 Å². The molecule has 1 saturated carbocycles. The summed E-state index contributed by atoms with van der Waals surface area (Å²) in [4.78, 5) is 7.15. The molecule has 106 valence electrons. The predicted molar refractivity (Wildman–Crippen MR) is 82.8 cm³/mol. The first-order chi connectivity index (χ1) is 8.88. The Labute approximate surface area is 118 Å². The maximum Gasteiger partial charge on any atom is 0.0409 e. The number of nitrogens with zero attached hydrogens (tertiary/aromatic N) is 2. The lowest BCUT2D eigenvalue weighted by atomic mass is 9.90. The fourth-order valence-electron chi connectivity index (χ4n) is 3.44. The second-order valence-corrected chi connectivity index (χ2v) is 6.94. The first-order valence-electron chi connectivity index (χ1n) is 7.62. The Kier molecular flexibility index (Phi) is 4.17. The lowest BCUT2D eigenvalue weighted by Crippen LogP contribution is -2.49. The summed E-state index contributed by atoms with van der Waals surface area (Å²) < 4.78 is 0. The van der Waals surface area contributed by atoms with Gasteiger partial charge in [-0.05, 0) is 59.6 Å². The van der Waals surface area contributed by atoms with Crippen molar-refractivity contribution >= 4 is 5.69 Å². The van der Waals surface area contributed by atoms with Gasteiger partial charge in [0.25, 0.3) is 0 Å². The Bertz CT molecular complexity index is 405. The van der Waals surface area contributed by atoms with Crippen molar-refractivity contribution in [2.24, 2.45) is 0 Å². The highest BCUT2D eigenvalue weighted by molar-refractivity contribution is 5.51. The van der Waals surface area contributed by atoms with Gasteiger partial charge in [0.15, 0.2) is 0 Å². The largest absolute Gasteiger partial charge is 0.364 e. The highest BCUT2D eigenvalue weighted by Gasteiger charge is 2.30. The highest BCUT2D eigenvalue weighted by Crippen LogP contribution is 2.33. The maximum absolute atomic E-state index is 4.52. The zero-order valence-corrected chi connectivity index (χ0v) is 13.2. The minimum atomic E-state index is 0.169. The van der Waals surface area contributed by atoms with E-state index in [2.05, 4.69) is 56.6 Å². The molecule has 2 heteroatoms. The van der Waals surface area contributed by atoms with Crippen LogP contribution in [0.15, 0.2) is 12.1 Å². The Hall–Kier alpha value is -1.05. The van der Waals surface area contributed by atoms with E-state index in [0.717, 1.165) is 11.4 Å². The Morgan fingerprint density at radius 2 is 1.53 bits per heavy atom. The third-order valence-corrected chi connectivity index (χ3v) is 4.01. The van der Waals surface area contributed by atoms with Gasteiger partial charge in [-0.3, -0.25) is 4.98 Å². The van der Waals surface area contributed by atoms with Gasteiger partial charge < -0.3 is 4.90 Å². The number of rotatable bonds is 2. The molecule has 0 N–H and O–H groups in total. The number of anilines is 1. The molecule has 0 bridgehead atoms. The van der Waals surface area contributed by atoms with Crippen molar-refractivity contribution in [3.8, 4) is 0 Å². The van der Waals surface area contributed by atoms with Gasteiger partial charge in [0.05, 0.1) is 0 Å². The van der Waals surface area contributed by atoms with Crippen molar-refractivity contribution < 1.29 is 0 Å². The molecule has 1 heterocycles. The highest BCUT2D eigenvalue weighted by atomic mass is 15.2. The molecule has 0 radical (unpaired) electrons. The molecule has 1 aromatic heterocycles. The monoisotopic (exact) mass is 260 g/mol. The van der Waals surface area contributed by atoms with Crippen molar-refractivity contribution in [2.75, 3.05) is 4.90 Å². The first kappa shape index (κ1) is 14.4. The molecule has 0 saturated heterocycles. The lowest BCUT2D eigenvalue weighted by Gasteiger charge is -2.45. The molecule has 1 fully saturated rings. The molecule has 0 aliphatic heterocycles. The minimum Gasteiger partial charge on any atom is -0.364 e. The van der Waals surface area contributed by atoms with E-state index in [1.807, 2.05) is 0 Å². The van der Waals surface area contributed by atoms with Crippen molar-refractivity contribution in [3.05, 3.63) is 23.5 Å². The summed E-state index contributed by atoms with van der Waals surface area (Å²) in [7, 11) is 0. The SMILES string of the molecule is Cc1cc(N(C2CCCCC2)C(C)(C)C)cc(C)n1. The van der Waals surface area contributed by atoms with E-state index < -0.39 is 0 Å². The molecule has 2 nitrogen and oxygen atoms in total. The molecular weight excluding hydrogens is 232 g/mol. The molecule has 0 unspecified atom stereocenters. The van der Waals surface area contributed by atoms with Gasteiger partial charge in [-0.2, -0.15) is 0 Å². The first-order valence-corrected chi connectivity index (χ1v) is 7.62. The summed E-state index contributed by atoms with van der Waals surface area (Å²) in [6.07, 6.45) is 6.82. The summed E-state index contributed by atoms with van der Waals surface area (Å²) in [6.45, 7) is 11.2. The van der Waals surface area contributed by atoms with Crippen LogP contribution in [0.4, 0.5) is 5.69 Å². The average Bonchev–Trinajstić information content (AvgIpc) is 2.27. The van der Waals surface area contributed by atoms with E-state index in [1.54, 1.807) is 0 Å². The van der Waals surface area contributed by atoms with Gasteiger partial charge in [-0.1, -0.05) is 19.3 Å². The zero-order chi connectivity index (χ0) is 14.0. The summed E-state index contributed by atoms with van der Waals surface area (Å²) >= 11 is 0. The van der Waals surface area contributed by atoms with Crippen molar-refractivity contribution in [3.63, 3.8) is 0 Å². The number of pyridine rings is 1. The van der Waals surface area contributed by atoms with Crippen LogP contribution in [0.25, 0.3) is 0 Å². The number of hydrogen-bond donors (Lipinski definition) is 0. The molecule has 0 amide bonds. The second kappa shape index (κ2) is 5.52. The van der Waals surface area contributed by atoms with Crippen LogP contribution >= 0.6 is 0 Å². The predicted octanol–water partition coefficient (Wildman–Crippen LogP) is 4.64. The van der Waals surface area contributed by atoms with Gasteiger partial charge in [-0.25, -0.2) is 0 Å².